The predicted octanol–water partition coefficient (Wildman–Crippen LogP) is 2.56. The van der Waals surface area contributed by atoms with E-state index in [1.807, 2.05) is 18.2 Å². The van der Waals surface area contributed by atoms with E-state index in [-0.39, 0.29) is 22.2 Å². The fourth-order valence-corrected chi connectivity index (χ4v) is 4.25. The molecule has 0 aliphatic carbocycles. The number of carbonyl (C=O) groups is 1. The zero-order valence-electron chi connectivity index (χ0n) is 16.9. The van der Waals surface area contributed by atoms with Crippen LogP contribution in [0, 0.1) is 0 Å². The number of H-pyrrole nitrogens is 1. The Hall–Kier alpha value is -2.76. The molecule has 0 bridgehead atoms. The number of benzene rings is 2. The molecule has 9 nitrogen and oxygen atoms in total. The molecule has 160 valence electrons. The molecule has 2 N–H and O–H groups in total. The molecule has 1 heterocycles. The van der Waals surface area contributed by atoms with Crippen LogP contribution in [0.1, 0.15) is 0 Å². The van der Waals surface area contributed by atoms with Crippen LogP contribution in [0.4, 0.5) is 5.69 Å². The molecule has 0 saturated heterocycles. The van der Waals surface area contributed by atoms with Crippen LogP contribution in [-0.2, 0) is 14.8 Å². The van der Waals surface area contributed by atoms with E-state index in [9.17, 15) is 13.2 Å². The van der Waals surface area contributed by atoms with Crippen LogP contribution in [-0.4, -0.2) is 62.7 Å². The second-order valence-corrected chi connectivity index (χ2v) is 9.53. The van der Waals surface area contributed by atoms with Crippen molar-refractivity contribution in [1.82, 2.24) is 14.3 Å². The summed E-state index contributed by atoms with van der Waals surface area (Å²) in [6, 6.07) is 9.78. The van der Waals surface area contributed by atoms with Crippen LogP contribution in [0.2, 0.25) is 0 Å². The van der Waals surface area contributed by atoms with Crippen molar-refractivity contribution in [2.24, 2.45) is 0 Å². The Morgan fingerprint density at radius 3 is 2.60 bits per heavy atom. The number of carbonyl (C=O) groups excluding carboxylic acids is 1. The Bertz CT molecular complexity index is 1170. The lowest BCUT2D eigenvalue weighted by molar-refractivity contribution is -0.113. The summed E-state index contributed by atoms with van der Waals surface area (Å²) in [5, 5.41) is 3.29. The Labute approximate surface area is 178 Å². The maximum Gasteiger partial charge on any atom is 0.242 e. The number of sulfonamides is 1. The largest absolute Gasteiger partial charge is 0.497 e. The third-order valence-corrected chi connectivity index (χ3v) is 6.92. The topological polar surface area (TPSA) is 114 Å². The third kappa shape index (κ3) is 4.69. The van der Waals surface area contributed by atoms with Gasteiger partial charge in [-0.15, -0.1) is 0 Å². The maximum absolute atomic E-state index is 12.5. The molecular weight excluding hydrogens is 428 g/mol. The first-order valence-electron chi connectivity index (χ1n) is 8.81. The van der Waals surface area contributed by atoms with Gasteiger partial charge in [-0.1, -0.05) is 11.8 Å². The van der Waals surface area contributed by atoms with Crippen molar-refractivity contribution in [3.8, 4) is 11.5 Å². The molecule has 0 radical (unpaired) electrons. The van der Waals surface area contributed by atoms with E-state index in [0.717, 1.165) is 15.3 Å². The minimum atomic E-state index is -3.64. The van der Waals surface area contributed by atoms with Gasteiger partial charge in [-0.2, -0.15) is 0 Å². The van der Waals surface area contributed by atoms with Gasteiger partial charge in [0.15, 0.2) is 5.16 Å². The number of methoxy groups -OCH3 is 2. The minimum Gasteiger partial charge on any atom is -0.497 e. The molecule has 1 aromatic heterocycles. The number of rotatable bonds is 8. The first-order chi connectivity index (χ1) is 14.2. The molecule has 0 fully saturated rings. The summed E-state index contributed by atoms with van der Waals surface area (Å²) >= 11 is 1.23. The second-order valence-electron chi connectivity index (χ2n) is 6.41. The summed E-state index contributed by atoms with van der Waals surface area (Å²) in [4.78, 5) is 20.1. The first kappa shape index (κ1) is 21.9. The summed E-state index contributed by atoms with van der Waals surface area (Å²) in [6.07, 6.45) is 0. The highest BCUT2D eigenvalue weighted by molar-refractivity contribution is 7.99. The number of imidazole rings is 1. The summed E-state index contributed by atoms with van der Waals surface area (Å²) in [6.45, 7) is 0. The van der Waals surface area contributed by atoms with E-state index in [1.165, 1.54) is 51.2 Å². The van der Waals surface area contributed by atoms with Crippen molar-refractivity contribution in [2.45, 2.75) is 10.1 Å². The van der Waals surface area contributed by atoms with Crippen LogP contribution in [0.15, 0.2) is 46.5 Å². The number of anilines is 1. The van der Waals surface area contributed by atoms with Crippen molar-refractivity contribution in [2.75, 3.05) is 39.4 Å². The van der Waals surface area contributed by atoms with E-state index in [2.05, 4.69) is 15.3 Å². The van der Waals surface area contributed by atoms with E-state index in [4.69, 9.17) is 9.47 Å². The van der Waals surface area contributed by atoms with Gasteiger partial charge < -0.3 is 19.8 Å². The van der Waals surface area contributed by atoms with Crippen molar-refractivity contribution >= 4 is 44.4 Å². The summed E-state index contributed by atoms with van der Waals surface area (Å²) < 4.78 is 36.2. The highest BCUT2D eigenvalue weighted by Crippen LogP contribution is 2.29. The number of hydrogen-bond donors (Lipinski definition) is 2. The number of aromatic nitrogens is 2. The SMILES string of the molecule is COc1ccc2nc(SCC(=O)Nc3cc(S(=O)(=O)N(C)C)ccc3OC)[nH]c2c1. The lowest BCUT2D eigenvalue weighted by atomic mass is 10.3. The molecule has 0 aliphatic rings. The van der Waals surface area contributed by atoms with Gasteiger partial charge in [0.05, 0.1) is 41.6 Å². The summed E-state index contributed by atoms with van der Waals surface area (Å²) in [7, 11) is 2.28. The van der Waals surface area contributed by atoms with E-state index >= 15 is 0 Å². The smallest absolute Gasteiger partial charge is 0.242 e. The van der Waals surface area contributed by atoms with Gasteiger partial charge in [0.25, 0.3) is 0 Å². The minimum absolute atomic E-state index is 0.0579. The molecule has 2 aromatic carbocycles. The maximum atomic E-state index is 12.5. The highest BCUT2D eigenvalue weighted by atomic mass is 32.2. The molecule has 30 heavy (non-hydrogen) atoms. The molecule has 0 saturated carbocycles. The predicted molar refractivity (Wildman–Crippen MR) is 116 cm³/mol. The van der Waals surface area contributed by atoms with E-state index in [0.29, 0.717) is 16.7 Å². The number of nitrogens with one attached hydrogen (secondary N) is 2. The zero-order chi connectivity index (χ0) is 21.9. The van der Waals surface area contributed by atoms with Gasteiger partial charge in [0.1, 0.15) is 11.5 Å². The van der Waals surface area contributed by atoms with Crippen LogP contribution >= 0.6 is 11.8 Å². The number of ether oxygens (including phenoxy) is 2. The second kappa shape index (κ2) is 8.94. The quantitative estimate of drug-likeness (QED) is 0.507. The number of fused-ring (bicyclic) bond motifs is 1. The monoisotopic (exact) mass is 450 g/mol. The third-order valence-electron chi connectivity index (χ3n) is 4.23. The number of aromatic amines is 1. The molecule has 3 rings (SSSR count). The van der Waals surface area contributed by atoms with E-state index < -0.39 is 10.0 Å². The Balaban J connectivity index is 1.72. The van der Waals surface area contributed by atoms with Crippen molar-refractivity contribution in [3.05, 3.63) is 36.4 Å². The number of nitrogens with zero attached hydrogens (tertiary/aromatic N) is 2. The molecule has 3 aromatic rings. The lowest BCUT2D eigenvalue weighted by Crippen LogP contribution is -2.22. The average molecular weight is 451 g/mol. The zero-order valence-corrected chi connectivity index (χ0v) is 18.6. The standard InChI is InChI=1S/C19H22N4O5S2/c1-23(2)30(25,26)13-6-8-17(28-4)16(10-13)20-18(24)11-29-19-21-14-7-5-12(27-3)9-15(14)22-19/h5-10H,11H2,1-4H3,(H,20,24)(H,21,22). The van der Waals surface area contributed by atoms with Crippen LogP contribution < -0.4 is 14.8 Å². The normalized spacial score (nSPS) is 11.6. The fourth-order valence-electron chi connectivity index (χ4n) is 2.64. The number of thioether (sulfide) groups is 1. The fraction of sp³-hybridized carbons (Fsp3) is 0.263. The van der Waals surface area contributed by atoms with Gasteiger partial charge in [-0.05, 0) is 30.3 Å². The number of amides is 1. The van der Waals surface area contributed by atoms with Crippen molar-refractivity contribution in [1.29, 1.82) is 0 Å². The Morgan fingerprint density at radius 1 is 1.17 bits per heavy atom. The van der Waals surface area contributed by atoms with Crippen LogP contribution in [0.5, 0.6) is 11.5 Å². The molecule has 0 unspecified atom stereocenters. The first-order valence-corrected chi connectivity index (χ1v) is 11.2. The molecule has 1 amide bonds. The molecule has 11 heteroatoms. The highest BCUT2D eigenvalue weighted by Gasteiger charge is 2.20. The van der Waals surface area contributed by atoms with Gasteiger partial charge >= 0.3 is 0 Å². The summed E-state index contributed by atoms with van der Waals surface area (Å²) in [5.41, 5.74) is 1.85. The molecule has 0 atom stereocenters. The van der Waals surface area contributed by atoms with Crippen molar-refractivity contribution < 1.29 is 22.7 Å². The van der Waals surface area contributed by atoms with Gasteiger partial charge in [0, 0.05) is 20.2 Å². The van der Waals surface area contributed by atoms with Crippen LogP contribution in [0.25, 0.3) is 11.0 Å². The molecule has 0 aliphatic heterocycles. The molecule has 0 spiro atoms. The number of hydrogen-bond acceptors (Lipinski definition) is 7. The van der Waals surface area contributed by atoms with Crippen molar-refractivity contribution in [3.63, 3.8) is 0 Å². The van der Waals surface area contributed by atoms with Gasteiger partial charge in [0.2, 0.25) is 15.9 Å². The van der Waals surface area contributed by atoms with Gasteiger partial charge in [-0.25, -0.2) is 17.7 Å². The average Bonchev–Trinajstić information content (AvgIpc) is 3.14. The lowest BCUT2D eigenvalue weighted by Gasteiger charge is -2.15. The Kier molecular flexibility index (Phi) is 6.54. The Morgan fingerprint density at radius 2 is 1.93 bits per heavy atom. The van der Waals surface area contributed by atoms with E-state index in [1.54, 1.807) is 7.11 Å². The summed E-state index contributed by atoms with van der Waals surface area (Å²) in [5.74, 6) is 0.822. The molecular formula is C19H22N4O5S2. The van der Waals surface area contributed by atoms with Gasteiger partial charge in [-0.3, -0.25) is 4.79 Å². The van der Waals surface area contributed by atoms with Crippen LogP contribution in [0.3, 0.4) is 0 Å².